The standard InChI is InChI=1S/C11H14BrN6/c12-11-3-6-1-7(4-11)9(8(2-6)5-11)13-14-10-15-17-18-16-10/h6-8H,1-5H2,(H-,14,15,16,17,18)/q-1/t6?,7-,8+,11?. The molecule has 7 heteroatoms. The third kappa shape index (κ3) is 1.67. The van der Waals surface area contributed by atoms with Gasteiger partial charge in [0.2, 0.25) is 0 Å². The van der Waals surface area contributed by atoms with E-state index in [9.17, 15) is 0 Å². The lowest BCUT2D eigenvalue weighted by Gasteiger charge is -2.54. The predicted molar refractivity (Wildman–Crippen MR) is 69.8 cm³/mol. The first-order valence-electron chi connectivity index (χ1n) is 6.43. The van der Waals surface area contributed by atoms with Crippen molar-refractivity contribution in [1.82, 2.24) is 20.6 Å². The average Bonchev–Trinajstić information content (AvgIpc) is 2.78. The molecule has 96 valence electrons. The number of H-pyrrole nitrogens is 1. The first-order valence-corrected chi connectivity index (χ1v) is 7.22. The summed E-state index contributed by atoms with van der Waals surface area (Å²) in [6.45, 7) is 0. The summed E-state index contributed by atoms with van der Waals surface area (Å²) in [6.07, 6.45) is 6.32. The summed E-state index contributed by atoms with van der Waals surface area (Å²) in [5, 5.41) is 17.9. The fourth-order valence-electron chi connectivity index (χ4n) is 4.13. The highest BCUT2D eigenvalue weighted by atomic mass is 79.9. The van der Waals surface area contributed by atoms with Crippen LogP contribution < -0.4 is 0 Å². The number of halogens is 1. The molecule has 4 bridgehead atoms. The minimum Gasteiger partial charge on any atom is -0.277 e. The zero-order chi connectivity index (χ0) is 12.2. The molecule has 0 radical (unpaired) electrons. The van der Waals surface area contributed by atoms with Gasteiger partial charge in [-0.1, -0.05) is 15.9 Å². The van der Waals surface area contributed by atoms with Gasteiger partial charge >= 0.3 is 0 Å². The molecule has 0 aliphatic heterocycles. The molecule has 1 aromatic heterocycles. The zero-order valence-corrected chi connectivity index (χ0v) is 11.5. The minimum atomic E-state index is 0.324. The van der Waals surface area contributed by atoms with Gasteiger partial charge in [0.25, 0.3) is 0 Å². The van der Waals surface area contributed by atoms with Crippen LogP contribution in [0.15, 0.2) is 5.10 Å². The van der Waals surface area contributed by atoms with Crippen LogP contribution in [0.5, 0.6) is 0 Å². The zero-order valence-electron chi connectivity index (χ0n) is 9.88. The molecule has 4 aliphatic carbocycles. The molecule has 1 aromatic rings. The van der Waals surface area contributed by atoms with Crippen molar-refractivity contribution in [3.63, 3.8) is 0 Å². The maximum absolute atomic E-state index is 4.43. The Hall–Kier alpha value is -0.980. The molecule has 6 nitrogen and oxygen atoms in total. The lowest BCUT2D eigenvalue weighted by Crippen LogP contribution is -2.52. The van der Waals surface area contributed by atoms with Crippen LogP contribution in [0.3, 0.4) is 0 Å². The summed E-state index contributed by atoms with van der Waals surface area (Å²) >= 11 is 3.95. The van der Waals surface area contributed by atoms with Gasteiger partial charge in [-0.05, 0) is 49.9 Å². The molecular weight excluding hydrogens is 296 g/mol. The number of hydrogen-bond donors (Lipinski definition) is 1. The molecule has 1 N–H and O–H groups in total. The van der Waals surface area contributed by atoms with E-state index in [1.807, 2.05) is 0 Å². The van der Waals surface area contributed by atoms with E-state index in [0.717, 1.165) is 5.92 Å². The van der Waals surface area contributed by atoms with Crippen molar-refractivity contribution < 1.29 is 0 Å². The number of aromatic amines is 1. The first-order chi connectivity index (χ1) is 8.72. The van der Waals surface area contributed by atoms with E-state index in [1.165, 1.54) is 37.8 Å². The molecule has 18 heavy (non-hydrogen) atoms. The quantitative estimate of drug-likeness (QED) is 0.673. The van der Waals surface area contributed by atoms with E-state index in [-0.39, 0.29) is 0 Å². The molecular formula is C11H14BrN6-. The summed E-state index contributed by atoms with van der Waals surface area (Å²) < 4.78 is 0.384. The van der Waals surface area contributed by atoms with E-state index < -0.39 is 0 Å². The van der Waals surface area contributed by atoms with Crippen molar-refractivity contribution in [3.8, 4) is 0 Å². The van der Waals surface area contributed by atoms with Crippen LogP contribution in [0, 0.1) is 17.8 Å². The van der Waals surface area contributed by atoms with Crippen molar-refractivity contribution in [3.05, 3.63) is 5.43 Å². The maximum atomic E-state index is 4.43. The van der Waals surface area contributed by atoms with E-state index in [2.05, 4.69) is 47.1 Å². The SMILES string of the molecule is BrC12CC3C[C@H](C1)C(=N[N-]c1nn[nH]n1)[C@@H](C3)C2. The second-order valence-electron chi connectivity index (χ2n) is 5.83. The molecule has 0 amide bonds. The van der Waals surface area contributed by atoms with E-state index >= 15 is 0 Å². The molecule has 4 aliphatic rings. The largest absolute Gasteiger partial charge is 0.277 e. The van der Waals surface area contributed by atoms with Gasteiger partial charge in [-0.25, -0.2) is 5.10 Å². The van der Waals surface area contributed by atoms with Crippen LogP contribution in [-0.4, -0.2) is 30.7 Å². The molecule has 1 heterocycles. The highest BCUT2D eigenvalue weighted by Gasteiger charge is 2.52. The Balaban J connectivity index is 1.58. The topological polar surface area (TPSA) is 80.9 Å². The van der Waals surface area contributed by atoms with Crippen molar-refractivity contribution in [2.24, 2.45) is 22.9 Å². The van der Waals surface area contributed by atoms with Gasteiger partial charge < -0.3 is 0 Å². The second kappa shape index (κ2) is 3.76. The summed E-state index contributed by atoms with van der Waals surface area (Å²) in [5.74, 6) is 2.41. The lowest BCUT2D eigenvalue weighted by molar-refractivity contribution is 0.135. The molecule has 0 aromatic carbocycles. The Morgan fingerprint density at radius 3 is 2.67 bits per heavy atom. The second-order valence-corrected chi connectivity index (χ2v) is 7.51. The van der Waals surface area contributed by atoms with E-state index in [0.29, 0.717) is 22.1 Å². The predicted octanol–water partition coefficient (Wildman–Crippen LogP) is 2.53. The normalized spacial score (nSPS) is 43.6. The third-order valence-electron chi connectivity index (χ3n) is 4.54. The average molecular weight is 310 g/mol. The van der Waals surface area contributed by atoms with E-state index in [1.54, 1.807) is 0 Å². The van der Waals surface area contributed by atoms with E-state index in [4.69, 9.17) is 0 Å². The van der Waals surface area contributed by atoms with Gasteiger partial charge in [-0.3, -0.25) is 20.8 Å². The summed E-state index contributed by atoms with van der Waals surface area (Å²) in [4.78, 5) is 0. The maximum Gasteiger partial charge on any atom is 0.0830 e. The summed E-state index contributed by atoms with van der Waals surface area (Å²) in [7, 11) is 0. The van der Waals surface area contributed by atoms with Crippen LogP contribution in [0.4, 0.5) is 5.95 Å². The van der Waals surface area contributed by atoms with Gasteiger partial charge in [0.05, 0.1) is 5.95 Å². The van der Waals surface area contributed by atoms with Gasteiger partial charge in [-0.15, -0.1) is 5.21 Å². The van der Waals surface area contributed by atoms with Crippen LogP contribution in [0.1, 0.15) is 32.1 Å². The molecule has 0 spiro atoms. The van der Waals surface area contributed by atoms with Crippen molar-refractivity contribution in [1.29, 1.82) is 0 Å². The minimum absolute atomic E-state index is 0.324. The number of alkyl halides is 1. The van der Waals surface area contributed by atoms with Crippen LogP contribution in [0.25, 0.3) is 5.43 Å². The summed E-state index contributed by atoms with van der Waals surface area (Å²) in [5.41, 5.74) is 5.36. The van der Waals surface area contributed by atoms with Gasteiger partial charge in [0, 0.05) is 10.0 Å². The molecule has 4 atom stereocenters. The van der Waals surface area contributed by atoms with Crippen molar-refractivity contribution in [2.45, 2.75) is 36.4 Å². The van der Waals surface area contributed by atoms with Gasteiger partial charge in [0.15, 0.2) is 0 Å². The first kappa shape index (κ1) is 10.9. The number of hydrogen-bond acceptors (Lipinski definition) is 4. The Kier molecular flexibility index (Phi) is 2.27. The number of rotatable bonds is 2. The number of tetrazole rings is 1. The monoisotopic (exact) mass is 309 g/mol. The molecule has 4 fully saturated rings. The Morgan fingerprint density at radius 1 is 1.28 bits per heavy atom. The Morgan fingerprint density at radius 2 is 2.06 bits per heavy atom. The number of nitrogens with one attached hydrogen (secondary N) is 1. The lowest BCUT2D eigenvalue weighted by atomic mass is 9.55. The molecule has 0 saturated heterocycles. The summed E-state index contributed by atoms with van der Waals surface area (Å²) in [6, 6.07) is 0. The molecule has 4 saturated carbocycles. The van der Waals surface area contributed by atoms with Crippen molar-refractivity contribution >= 4 is 27.6 Å². The highest BCUT2D eigenvalue weighted by Crippen LogP contribution is 2.58. The highest BCUT2D eigenvalue weighted by molar-refractivity contribution is 9.10. The van der Waals surface area contributed by atoms with Crippen molar-refractivity contribution in [2.75, 3.05) is 0 Å². The number of nitrogens with zero attached hydrogens (tertiary/aromatic N) is 5. The van der Waals surface area contributed by atoms with Gasteiger partial charge in [-0.2, -0.15) is 0 Å². The Labute approximate surface area is 113 Å². The number of aromatic nitrogens is 4. The fourth-order valence-corrected chi connectivity index (χ4v) is 5.37. The van der Waals surface area contributed by atoms with Crippen LogP contribution in [0.2, 0.25) is 0 Å². The Bertz CT molecular complexity index is 466. The fraction of sp³-hybridized carbons (Fsp3) is 0.818. The third-order valence-corrected chi connectivity index (χ3v) is 5.51. The van der Waals surface area contributed by atoms with Crippen LogP contribution in [-0.2, 0) is 0 Å². The molecule has 5 rings (SSSR count). The van der Waals surface area contributed by atoms with Crippen LogP contribution >= 0.6 is 15.9 Å². The van der Waals surface area contributed by atoms with Gasteiger partial charge in [0.1, 0.15) is 0 Å². The molecule has 2 unspecified atom stereocenters. The smallest absolute Gasteiger partial charge is 0.0830 e.